The van der Waals surface area contributed by atoms with Gasteiger partial charge >= 0.3 is 0 Å². The van der Waals surface area contributed by atoms with E-state index in [2.05, 4.69) is 5.16 Å². The third kappa shape index (κ3) is 2.32. The number of rotatable bonds is 5. The summed E-state index contributed by atoms with van der Waals surface area (Å²) in [6.45, 7) is -1.25. The van der Waals surface area contributed by atoms with Gasteiger partial charge in [0.1, 0.15) is 19.1 Å². The molecule has 0 aliphatic carbocycles. The van der Waals surface area contributed by atoms with Gasteiger partial charge in [0.25, 0.3) is 6.43 Å². The summed E-state index contributed by atoms with van der Waals surface area (Å²) in [7, 11) is 0. The number of hydrogen-bond acceptors (Lipinski definition) is 2. The Morgan fingerprint density at radius 2 is 1.85 bits per heavy atom. The van der Waals surface area contributed by atoms with Crippen LogP contribution in [0.25, 0.3) is 0 Å². The van der Waals surface area contributed by atoms with Crippen LogP contribution >= 0.6 is 0 Å². The maximum Gasteiger partial charge on any atom is 0.280 e. The lowest BCUT2D eigenvalue weighted by Gasteiger charge is -2.26. The first-order chi connectivity index (χ1) is 6.07. The normalized spacial score (nSPS) is 13.8. The van der Waals surface area contributed by atoms with Crippen molar-refractivity contribution in [2.75, 3.05) is 13.3 Å². The molecule has 0 aromatic heterocycles. The zero-order chi connectivity index (χ0) is 10.5. The fourth-order valence-electron chi connectivity index (χ4n) is 0.924. The first kappa shape index (κ1) is 12.2. The molecule has 0 unspecified atom stereocenters. The Balaban J connectivity index is 4.90. The molecule has 0 aromatic rings. The van der Waals surface area contributed by atoms with Crippen LogP contribution in [0.4, 0.5) is 17.6 Å². The van der Waals surface area contributed by atoms with Gasteiger partial charge in [-0.2, -0.15) is 0 Å². The van der Waals surface area contributed by atoms with Crippen LogP contribution in [0.2, 0.25) is 0 Å². The highest BCUT2D eigenvalue weighted by Crippen LogP contribution is 2.28. The second-order valence-electron chi connectivity index (χ2n) is 2.69. The minimum absolute atomic E-state index is 0.177. The van der Waals surface area contributed by atoms with Crippen molar-refractivity contribution in [2.45, 2.75) is 19.8 Å². The molecule has 0 spiro atoms. The third-order valence-electron chi connectivity index (χ3n) is 2.05. The van der Waals surface area contributed by atoms with Crippen molar-refractivity contribution in [1.29, 1.82) is 0 Å². The highest BCUT2D eigenvalue weighted by Gasteiger charge is 2.40. The average Bonchev–Trinajstić information content (AvgIpc) is 2.13. The molecular formula is C7H11F4NO. The van der Waals surface area contributed by atoms with Crippen molar-refractivity contribution < 1.29 is 22.8 Å². The van der Waals surface area contributed by atoms with Gasteiger partial charge in [0.2, 0.25) is 0 Å². The largest absolute Gasteiger partial charge is 0.411 e. The van der Waals surface area contributed by atoms with E-state index in [0.717, 1.165) is 0 Å². The second kappa shape index (κ2) is 5.04. The van der Waals surface area contributed by atoms with Gasteiger partial charge in [0.05, 0.1) is 5.41 Å². The first-order valence-electron chi connectivity index (χ1n) is 3.70. The third-order valence-corrected chi connectivity index (χ3v) is 2.05. The Morgan fingerprint density at radius 3 is 1.92 bits per heavy atom. The van der Waals surface area contributed by atoms with Gasteiger partial charge < -0.3 is 5.21 Å². The first-order valence-corrected chi connectivity index (χ1v) is 3.70. The minimum atomic E-state index is -3.14. The van der Waals surface area contributed by atoms with E-state index < -0.39 is 30.9 Å². The Labute approximate surface area is 73.2 Å². The number of oxime groups is 1. The van der Waals surface area contributed by atoms with E-state index in [9.17, 15) is 17.6 Å². The van der Waals surface area contributed by atoms with Crippen molar-refractivity contribution in [1.82, 2.24) is 0 Å². The van der Waals surface area contributed by atoms with E-state index in [1.807, 2.05) is 0 Å². The van der Waals surface area contributed by atoms with Crippen molar-refractivity contribution in [3.63, 3.8) is 0 Å². The molecule has 0 aromatic carbocycles. The van der Waals surface area contributed by atoms with E-state index in [1.54, 1.807) is 0 Å². The van der Waals surface area contributed by atoms with Gasteiger partial charge in [-0.15, -0.1) is 0 Å². The van der Waals surface area contributed by atoms with Crippen LogP contribution < -0.4 is 0 Å². The summed E-state index contributed by atoms with van der Waals surface area (Å²) >= 11 is 0. The van der Waals surface area contributed by atoms with Crippen molar-refractivity contribution in [2.24, 2.45) is 10.6 Å². The molecule has 0 fully saturated rings. The van der Waals surface area contributed by atoms with Crippen molar-refractivity contribution in [3.05, 3.63) is 0 Å². The summed E-state index contributed by atoms with van der Waals surface area (Å²) < 4.78 is 49.0. The van der Waals surface area contributed by atoms with Gasteiger partial charge in [0.15, 0.2) is 0 Å². The quantitative estimate of drug-likeness (QED) is 0.315. The fourth-order valence-corrected chi connectivity index (χ4v) is 0.924. The van der Waals surface area contributed by atoms with E-state index in [0.29, 0.717) is 0 Å². The summed E-state index contributed by atoms with van der Waals surface area (Å²) in [5.74, 6) is 0. The maximum absolute atomic E-state index is 12.3. The fraction of sp³-hybridized carbons (Fsp3) is 0.857. The molecule has 0 bridgehead atoms. The maximum atomic E-state index is 12.3. The standard InChI is InChI=1S/C7H11F4NO/c1-2-7(3-8,4-9)5(12-13)6(10)11/h6,13H,2-4H2,1H3/b12-5-. The van der Waals surface area contributed by atoms with Crippen molar-refractivity contribution in [3.8, 4) is 0 Å². The molecule has 0 radical (unpaired) electrons. The summed E-state index contributed by atoms with van der Waals surface area (Å²) in [6.07, 6.45) is -3.32. The molecule has 0 amide bonds. The Bertz CT molecular complexity index is 171. The molecule has 0 saturated heterocycles. The number of alkyl halides is 4. The lowest BCUT2D eigenvalue weighted by Crippen LogP contribution is -2.39. The highest BCUT2D eigenvalue weighted by atomic mass is 19.3. The molecule has 0 atom stereocenters. The molecule has 13 heavy (non-hydrogen) atoms. The summed E-state index contributed by atoms with van der Waals surface area (Å²) in [5.41, 5.74) is -3.09. The van der Waals surface area contributed by atoms with Gasteiger partial charge in [-0.25, -0.2) is 17.6 Å². The lowest BCUT2D eigenvalue weighted by molar-refractivity contribution is 0.155. The lowest BCUT2D eigenvalue weighted by atomic mass is 9.83. The van der Waals surface area contributed by atoms with Crippen molar-refractivity contribution >= 4 is 5.71 Å². The Hall–Kier alpha value is -0.810. The number of hydrogen-bond donors (Lipinski definition) is 1. The molecule has 6 heteroatoms. The second-order valence-corrected chi connectivity index (χ2v) is 2.69. The predicted octanol–water partition coefficient (Wildman–Crippen LogP) is 2.42. The van der Waals surface area contributed by atoms with E-state index >= 15 is 0 Å². The predicted molar refractivity (Wildman–Crippen MR) is 39.9 cm³/mol. The van der Waals surface area contributed by atoms with Crippen LogP contribution in [0.15, 0.2) is 5.16 Å². The zero-order valence-corrected chi connectivity index (χ0v) is 7.10. The molecule has 78 valence electrons. The average molecular weight is 201 g/mol. The van der Waals surface area contributed by atoms with Crippen LogP contribution in [0.5, 0.6) is 0 Å². The van der Waals surface area contributed by atoms with Crippen LogP contribution in [0.1, 0.15) is 13.3 Å². The summed E-state index contributed by atoms with van der Waals surface area (Å²) in [6, 6.07) is 0. The van der Waals surface area contributed by atoms with E-state index in [-0.39, 0.29) is 6.42 Å². The highest BCUT2D eigenvalue weighted by molar-refractivity contribution is 5.92. The monoisotopic (exact) mass is 201 g/mol. The molecule has 0 aliphatic heterocycles. The van der Waals surface area contributed by atoms with Crippen LogP contribution in [-0.2, 0) is 0 Å². The summed E-state index contributed by atoms with van der Waals surface area (Å²) in [4.78, 5) is 0. The smallest absolute Gasteiger partial charge is 0.280 e. The molecule has 1 N–H and O–H groups in total. The molecular weight excluding hydrogens is 190 g/mol. The van der Waals surface area contributed by atoms with Crippen LogP contribution in [0.3, 0.4) is 0 Å². The molecule has 0 rings (SSSR count). The molecule has 0 aliphatic rings. The Kier molecular flexibility index (Phi) is 4.72. The zero-order valence-electron chi connectivity index (χ0n) is 7.10. The van der Waals surface area contributed by atoms with E-state index in [1.165, 1.54) is 6.92 Å². The SMILES string of the molecule is CCC(CF)(CF)/C(=N\O)C(F)F. The minimum Gasteiger partial charge on any atom is -0.411 e. The summed E-state index contributed by atoms with van der Waals surface area (Å²) in [5, 5.41) is 10.5. The molecule has 2 nitrogen and oxygen atoms in total. The van der Waals surface area contributed by atoms with Crippen LogP contribution in [-0.4, -0.2) is 30.7 Å². The van der Waals surface area contributed by atoms with Gasteiger partial charge in [-0.1, -0.05) is 12.1 Å². The van der Waals surface area contributed by atoms with Crippen LogP contribution in [0, 0.1) is 5.41 Å². The van der Waals surface area contributed by atoms with Gasteiger partial charge in [0, 0.05) is 0 Å². The van der Waals surface area contributed by atoms with Gasteiger partial charge in [-0.05, 0) is 6.42 Å². The number of nitrogens with zero attached hydrogens (tertiary/aromatic N) is 1. The Morgan fingerprint density at radius 1 is 1.38 bits per heavy atom. The molecule has 0 saturated carbocycles. The van der Waals surface area contributed by atoms with E-state index in [4.69, 9.17) is 5.21 Å². The molecule has 0 heterocycles. The topological polar surface area (TPSA) is 32.6 Å². The van der Waals surface area contributed by atoms with Gasteiger partial charge in [-0.3, -0.25) is 0 Å². The number of halogens is 4.